The molecule has 0 spiro atoms. The van der Waals surface area contributed by atoms with Crippen molar-refractivity contribution in [1.82, 2.24) is 0 Å². The van der Waals surface area contributed by atoms with E-state index in [2.05, 4.69) is 81.5 Å². The second kappa shape index (κ2) is 62.9. The van der Waals surface area contributed by atoms with E-state index in [1.807, 2.05) is 0 Å². The van der Waals surface area contributed by atoms with Crippen molar-refractivity contribution in [3.8, 4) is 0 Å². The van der Waals surface area contributed by atoms with Crippen LogP contribution >= 0.6 is 0 Å². The van der Waals surface area contributed by atoms with Crippen molar-refractivity contribution in [2.75, 3.05) is 19.8 Å². The molecule has 1 unspecified atom stereocenters. The molecule has 0 aromatic rings. The molecule has 420 valence electrons. The van der Waals surface area contributed by atoms with Gasteiger partial charge in [-0.3, -0.25) is 9.59 Å². The van der Waals surface area contributed by atoms with Gasteiger partial charge in [-0.05, 0) is 103 Å². The Balaban J connectivity index is 4.27. The van der Waals surface area contributed by atoms with E-state index in [-0.39, 0.29) is 25.2 Å². The molecule has 0 saturated carbocycles. The van der Waals surface area contributed by atoms with E-state index >= 15 is 0 Å². The summed E-state index contributed by atoms with van der Waals surface area (Å²) in [5, 5.41) is 0. The maximum atomic E-state index is 12.9. The number of carbonyl (C=O) groups is 2. The lowest BCUT2D eigenvalue weighted by atomic mass is 10.1. The third kappa shape index (κ3) is 60.2. The molecule has 0 rings (SSSR count). The molecule has 0 fully saturated rings. The molecule has 1 atom stereocenters. The van der Waals surface area contributed by atoms with Crippen molar-refractivity contribution < 1.29 is 23.8 Å². The van der Waals surface area contributed by atoms with Gasteiger partial charge in [0.15, 0.2) is 6.10 Å². The third-order valence-electron chi connectivity index (χ3n) is 14.0. The second-order valence-electron chi connectivity index (χ2n) is 21.3. The summed E-state index contributed by atoms with van der Waals surface area (Å²) >= 11 is 0. The van der Waals surface area contributed by atoms with Gasteiger partial charge in [-0.2, -0.15) is 0 Å². The van der Waals surface area contributed by atoms with Gasteiger partial charge in [0, 0.05) is 19.4 Å². The third-order valence-corrected chi connectivity index (χ3v) is 14.0. The van der Waals surface area contributed by atoms with Gasteiger partial charge in [0.2, 0.25) is 0 Å². The minimum absolute atomic E-state index is 0.0821. The molecule has 0 aromatic heterocycles. The summed E-state index contributed by atoms with van der Waals surface area (Å²) in [6.45, 7) is 7.75. The number of hydrogen-bond donors (Lipinski definition) is 0. The van der Waals surface area contributed by atoms with Crippen LogP contribution in [0.2, 0.25) is 0 Å². The average Bonchev–Trinajstić information content (AvgIpc) is 3.38. The predicted octanol–water partition coefficient (Wildman–Crippen LogP) is 22.0. The van der Waals surface area contributed by atoms with Gasteiger partial charge in [0.1, 0.15) is 6.61 Å². The van der Waals surface area contributed by atoms with Crippen LogP contribution in [0.4, 0.5) is 0 Å². The van der Waals surface area contributed by atoms with Crippen LogP contribution in [0.1, 0.15) is 329 Å². The lowest BCUT2D eigenvalue weighted by Crippen LogP contribution is -2.30. The van der Waals surface area contributed by atoms with Crippen molar-refractivity contribution in [2.45, 2.75) is 335 Å². The number of allylic oxidation sites excluding steroid dienone is 10. The quantitative estimate of drug-likeness (QED) is 0.0345. The van der Waals surface area contributed by atoms with E-state index < -0.39 is 6.10 Å². The number of carbonyl (C=O) groups excluding carboxylic acids is 2. The molecule has 0 aliphatic rings. The van der Waals surface area contributed by atoms with Crippen LogP contribution in [0.3, 0.4) is 0 Å². The molecule has 0 amide bonds. The number of hydrogen-bond acceptors (Lipinski definition) is 5. The zero-order valence-electron chi connectivity index (χ0n) is 48.5. The summed E-state index contributed by atoms with van der Waals surface area (Å²) in [7, 11) is 0. The van der Waals surface area contributed by atoms with Crippen LogP contribution in [0, 0.1) is 0 Å². The average molecular weight is 1010 g/mol. The molecular weight excluding hydrogens is 885 g/mol. The zero-order chi connectivity index (χ0) is 52.0. The fourth-order valence-electron chi connectivity index (χ4n) is 9.28. The summed E-state index contributed by atoms with van der Waals surface area (Å²) in [4.78, 5) is 25.6. The van der Waals surface area contributed by atoms with Gasteiger partial charge < -0.3 is 14.2 Å². The van der Waals surface area contributed by atoms with Crippen molar-refractivity contribution in [2.24, 2.45) is 0 Å². The van der Waals surface area contributed by atoms with E-state index in [0.29, 0.717) is 19.4 Å². The van der Waals surface area contributed by atoms with Crippen LogP contribution in [-0.4, -0.2) is 37.9 Å². The van der Waals surface area contributed by atoms with Gasteiger partial charge in [0.25, 0.3) is 0 Å². The molecule has 5 heteroatoms. The monoisotopic (exact) mass is 1010 g/mol. The topological polar surface area (TPSA) is 61.8 Å². The normalized spacial score (nSPS) is 12.5. The van der Waals surface area contributed by atoms with Gasteiger partial charge in [-0.25, -0.2) is 0 Å². The first-order valence-electron chi connectivity index (χ1n) is 31.8. The van der Waals surface area contributed by atoms with E-state index in [1.165, 1.54) is 238 Å². The Morgan fingerprint density at radius 3 is 1.01 bits per heavy atom. The summed E-state index contributed by atoms with van der Waals surface area (Å²) in [5.74, 6) is -0.390. The van der Waals surface area contributed by atoms with E-state index in [4.69, 9.17) is 14.2 Å². The highest BCUT2D eigenvalue weighted by Crippen LogP contribution is 2.16. The summed E-state index contributed by atoms with van der Waals surface area (Å²) < 4.78 is 17.6. The lowest BCUT2D eigenvalue weighted by Gasteiger charge is -2.18. The Morgan fingerprint density at radius 1 is 0.319 bits per heavy atom. The smallest absolute Gasteiger partial charge is 0.306 e. The minimum atomic E-state index is -0.544. The van der Waals surface area contributed by atoms with Crippen LogP contribution < -0.4 is 0 Å². The van der Waals surface area contributed by atoms with Crippen molar-refractivity contribution in [3.05, 3.63) is 60.8 Å². The van der Waals surface area contributed by atoms with Gasteiger partial charge in [0.05, 0.1) is 6.61 Å². The van der Waals surface area contributed by atoms with Crippen LogP contribution in [0.5, 0.6) is 0 Å². The molecule has 0 radical (unpaired) electrons. The van der Waals surface area contributed by atoms with Crippen molar-refractivity contribution in [3.63, 3.8) is 0 Å². The van der Waals surface area contributed by atoms with E-state index in [0.717, 1.165) is 57.8 Å². The van der Waals surface area contributed by atoms with Crippen LogP contribution in [0.15, 0.2) is 60.8 Å². The molecule has 0 saturated heterocycles. The number of ether oxygens (including phenoxy) is 3. The van der Waals surface area contributed by atoms with E-state index in [9.17, 15) is 9.59 Å². The molecule has 72 heavy (non-hydrogen) atoms. The number of rotatable bonds is 59. The van der Waals surface area contributed by atoms with E-state index in [1.54, 1.807) is 0 Å². The summed E-state index contributed by atoms with van der Waals surface area (Å²) in [6, 6.07) is 0. The Bertz CT molecular complexity index is 1230. The van der Waals surface area contributed by atoms with Crippen molar-refractivity contribution in [1.29, 1.82) is 0 Å². The molecular formula is C67H122O5. The summed E-state index contributed by atoms with van der Waals surface area (Å²) in [5.41, 5.74) is 0. The molecule has 0 aromatic carbocycles. The first-order chi connectivity index (χ1) is 35.6. The molecule has 0 aliphatic heterocycles. The second-order valence-corrected chi connectivity index (χ2v) is 21.3. The SMILES string of the molecule is CC/C=C\C/C=C\C/C=C\CCCCCCCCCCOCC(COC(=O)CCCCCCCCCCC/C=C\CCCCCCCC)OC(=O)CCCCCCCCCCC/C=C\CCCCCCCC. The fourth-order valence-corrected chi connectivity index (χ4v) is 9.28. The number of unbranched alkanes of at least 4 members (excludes halogenated alkanes) is 38. The highest BCUT2D eigenvalue weighted by Gasteiger charge is 2.18. The van der Waals surface area contributed by atoms with Gasteiger partial charge in [-0.15, -0.1) is 0 Å². The summed E-state index contributed by atoms with van der Waals surface area (Å²) in [6.07, 6.45) is 81.1. The standard InChI is InChI=1S/C67H122O5/c1-4-7-10-13-16-19-22-25-28-31-34-36-39-42-45-48-51-54-57-60-66(68)71-64-65(63-70-62-59-56-53-50-47-44-41-38-33-30-27-24-21-18-15-12-9-6-3)72-67(69)61-58-55-52-49-46-43-40-37-35-32-29-26-23-20-17-14-11-8-5-2/h9,12,18,21,25-30,65H,4-8,10-11,13-17,19-20,22-24,31-64H2,1-3H3/b12-9-,21-18-,28-25-,29-26-,30-27-. The minimum Gasteiger partial charge on any atom is -0.462 e. The largest absolute Gasteiger partial charge is 0.462 e. The lowest BCUT2D eigenvalue weighted by molar-refractivity contribution is -0.163. The highest BCUT2D eigenvalue weighted by molar-refractivity contribution is 5.70. The Morgan fingerprint density at radius 2 is 0.625 bits per heavy atom. The predicted molar refractivity (Wildman–Crippen MR) is 316 cm³/mol. The first-order valence-corrected chi connectivity index (χ1v) is 31.8. The molecule has 0 N–H and O–H groups in total. The zero-order valence-corrected chi connectivity index (χ0v) is 48.5. The molecule has 0 heterocycles. The van der Waals surface area contributed by atoms with Gasteiger partial charge in [-0.1, -0.05) is 274 Å². The molecule has 5 nitrogen and oxygen atoms in total. The fraction of sp³-hybridized carbons (Fsp3) is 0.821. The highest BCUT2D eigenvalue weighted by atomic mass is 16.6. The Hall–Kier alpha value is -2.40. The Labute approximate surface area is 449 Å². The van der Waals surface area contributed by atoms with Crippen LogP contribution in [0.25, 0.3) is 0 Å². The maximum absolute atomic E-state index is 12.9. The van der Waals surface area contributed by atoms with Crippen LogP contribution in [-0.2, 0) is 23.8 Å². The molecule has 0 aliphatic carbocycles. The van der Waals surface area contributed by atoms with Crippen molar-refractivity contribution >= 4 is 11.9 Å². The molecule has 0 bridgehead atoms. The Kier molecular flexibility index (Phi) is 60.8. The van der Waals surface area contributed by atoms with Gasteiger partial charge >= 0.3 is 11.9 Å². The first kappa shape index (κ1) is 69.6. The number of esters is 2. The maximum Gasteiger partial charge on any atom is 0.306 e.